The van der Waals surface area contributed by atoms with Gasteiger partial charge < -0.3 is 10.2 Å². The molecule has 1 heterocycles. The van der Waals surface area contributed by atoms with Crippen LogP contribution in [-0.4, -0.2) is 20.1 Å². The van der Waals surface area contributed by atoms with Crippen LogP contribution in [0.5, 0.6) is 0 Å². The molecule has 2 heteroatoms. The second-order valence-electron chi connectivity index (χ2n) is 6.28. The standard InChI is InChI=1S/C20H22N2/c1-21-14-11-12-15-16-7-3-5-9-19(16)22(2)20-10-6-4-8-17(20)18(15)13-14/h3-10,14,21H,11-13H2,1-2H3. The zero-order valence-electron chi connectivity index (χ0n) is 13.3. The zero-order chi connectivity index (χ0) is 15.1. The maximum atomic E-state index is 3.48. The van der Waals surface area contributed by atoms with Crippen molar-refractivity contribution in [3.05, 3.63) is 59.7 Å². The van der Waals surface area contributed by atoms with Gasteiger partial charge in [0.1, 0.15) is 0 Å². The molecule has 2 nitrogen and oxygen atoms in total. The third-order valence-electron chi connectivity index (χ3n) is 5.15. The lowest BCUT2D eigenvalue weighted by Gasteiger charge is -2.27. The van der Waals surface area contributed by atoms with Crippen molar-refractivity contribution in [2.75, 3.05) is 19.0 Å². The Labute approximate surface area is 132 Å². The Bertz CT molecular complexity index is 745. The van der Waals surface area contributed by atoms with Gasteiger partial charge in [-0.15, -0.1) is 0 Å². The molecule has 0 saturated heterocycles. The molecule has 0 amide bonds. The molecule has 2 aromatic rings. The van der Waals surface area contributed by atoms with E-state index in [1.165, 1.54) is 34.5 Å². The molecule has 0 bridgehead atoms. The van der Waals surface area contributed by atoms with E-state index in [2.05, 4.69) is 72.8 Å². The molecule has 22 heavy (non-hydrogen) atoms. The summed E-state index contributed by atoms with van der Waals surface area (Å²) in [5, 5.41) is 3.48. The number of hydrogen-bond acceptors (Lipinski definition) is 2. The predicted octanol–water partition coefficient (Wildman–Crippen LogP) is 4.45. The van der Waals surface area contributed by atoms with Crippen LogP contribution >= 0.6 is 0 Å². The Kier molecular flexibility index (Phi) is 3.27. The molecule has 0 saturated carbocycles. The highest BCUT2D eigenvalue weighted by Gasteiger charge is 2.28. The van der Waals surface area contributed by atoms with E-state index < -0.39 is 0 Å². The van der Waals surface area contributed by atoms with Gasteiger partial charge >= 0.3 is 0 Å². The normalized spacial score (nSPS) is 20.1. The van der Waals surface area contributed by atoms with E-state index in [1.807, 2.05) is 0 Å². The average Bonchev–Trinajstić information content (AvgIpc) is 2.70. The molecule has 0 aromatic heterocycles. The molecule has 1 N–H and O–H groups in total. The summed E-state index contributed by atoms with van der Waals surface area (Å²) in [5.41, 5.74) is 8.51. The van der Waals surface area contributed by atoms with Crippen LogP contribution in [-0.2, 0) is 0 Å². The number of para-hydroxylation sites is 2. The maximum absolute atomic E-state index is 3.48. The molecule has 1 aliphatic heterocycles. The fourth-order valence-electron chi connectivity index (χ4n) is 3.93. The van der Waals surface area contributed by atoms with Crippen LogP contribution in [0.4, 0.5) is 11.4 Å². The number of nitrogens with zero attached hydrogens (tertiary/aromatic N) is 1. The van der Waals surface area contributed by atoms with Crippen molar-refractivity contribution in [3.63, 3.8) is 0 Å². The first-order chi connectivity index (χ1) is 10.8. The van der Waals surface area contributed by atoms with Gasteiger partial charge in [0.15, 0.2) is 0 Å². The number of allylic oxidation sites excluding steroid dienone is 1. The van der Waals surface area contributed by atoms with E-state index in [0.29, 0.717) is 6.04 Å². The number of anilines is 2. The summed E-state index contributed by atoms with van der Waals surface area (Å²) in [6, 6.07) is 18.2. The summed E-state index contributed by atoms with van der Waals surface area (Å²) in [4.78, 5) is 2.34. The van der Waals surface area contributed by atoms with Gasteiger partial charge in [0.25, 0.3) is 0 Å². The van der Waals surface area contributed by atoms with E-state index in [1.54, 1.807) is 5.57 Å². The molecule has 2 aliphatic rings. The monoisotopic (exact) mass is 290 g/mol. The molecule has 0 spiro atoms. The molecule has 0 fully saturated rings. The lowest BCUT2D eigenvalue weighted by atomic mass is 9.81. The third kappa shape index (κ3) is 1.98. The van der Waals surface area contributed by atoms with Crippen molar-refractivity contribution in [2.24, 2.45) is 0 Å². The highest BCUT2D eigenvalue weighted by atomic mass is 15.1. The predicted molar refractivity (Wildman–Crippen MR) is 94.5 cm³/mol. The lowest BCUT2D eigenvalue weighted by molar-refractivity contribution is 0.530. The Balaban J connectivity index is 2.00. The van der Waals surface area contributed by atoms with Gasteiger partial charge in [-0.05, 0) is 49.6 Å². The third-order valence-corrected chi connectivity index (χ3v) is 5.15. The van der Waals surface area contributed by atoms with E-state index in [9.17, 15) is 0 Å². The van der Waals surface area contributed by atoms with Crippen LogP contribution in [0.3, 0.4) is 0 Å². The van der Waals surface area contributed by atoms with E-state index in [4.69, 9.17) is 0 Å². The van der Waals surface area contributed by atoms with Crippen molar-refractivity contribution in [1.29, 1.82) is 0 Å². The summed E-state index contributed by atoms with van der Waals surface area (Å²) in [6.07, 6.45) is 3.49. The molecule has 4 rings (SSSR count). The Morgan fingerprint density at radius 3 is 2.14 bits per heavy atom. The second kappa shape index (κ2) is 5.29. The van der Waals surface area contributed by atoms with E-state index >= 15 is 0 Å². The van der Waals surface area contributed by atoms with Crippen LogP contribution in [0.2, 0.25) is 0 Å². The smallest absolute Gasteiger partial charge is 0.0484 e. The first-order valence-corrected chi connectivity index (χ1v) is 8.11. The molecular formula is C20H22N2. The minimum Gasteiger partial charge on any atom is -0.344 e. The first kappa shape index (κ1) is 13.6. The molecule has 1 unspecified atom stereocenters. The number of nitrogens with one attached hydrogen (secondary N) is 1. The number of fused-ring (bicyclic) bond motifs is 4. The van der Waals surface area contributed by atoms with Crippen molar-refractivity contribution in [1.82, 2.24) is 5.32 Å². The summed E-state index contributed by atoms with van der Waals surface area (Å²) < 4.78 is 0. The SMILES string of the molecule is CNC1CCC2=C(C1)c1ccccc1N(C)c1ccccc12. The molecule has 1 aliphatic carbocycles. The van der Waals surface area contributed by atoms with Crippen molar-refractivity contribution in [3.8, 4) is 0 Å². The highest BCUT2D eigenvalue weighted by Crippen LogP contribution is 2.47. The second-order valence-corrected chi connectivity index (χ2v) is 6.28. The van der Waals surface area contributed by atoms with Gasteiger partial charge in [-0.25, -0.2) is 0 Å². The van der Waals surface area contributed by atoms with Crippen LogP contribution in [0.25, 0.3) is 11.1 Å². The van der Waals surface area contributed by atoms with Gasteiger partial charge in [-0.2, -0.15) is 0 Å². The van der Waals surface area contributed by atoms with Gasteiger partial charge in [0, 0.05) is 35.6 Å². The number of rotatable bonds is 1. The molecule has 112 valence electrons. The van der Waals surface area contributed by atoms with Crippen molar-refractivity contribution in [2.45, 2.75) is 25.3 Å². The summed E-state index contributed by atoms with van der Waals surface area (Å²) in [6.45, 7) is 0. The maximum Gasteiger partial charge on any atom is 0.0484 e. The Morgan fingerprint density at radius 2 is 1.50 bits per heavy atom. The van der Waals surface area contributed by atoms with Crippen molar-refractivity contribution >= 4 is 22.5 Å². The first-order valence-electron chi connectivity index (χ1n) is 8.11. The lowest BCUT2D eigenvalue weighted by Crippen LogP contribution is -2.28. The summed E-state index contributed by atoms with van der Waals surface area (Å²) in [5.74, 6) is 0. The topological polar surface area (TPSA) is 15.3 Å². The quantitative estimate of drug-likeness (QED) is 0.834. The Hall–Kier alpha value is -2.06. The number of benzene rings is 2. The fourth-order valence-corrected chi connectivity index (χ4v) is 3.93. The molecular weight excluding hydrogens is 268 g/mol. The van der Waals surface area contributed by atoms with Gasteiger partial charge in [-0.1, -0.05) is 36.4 Å². The minimum atomic E-state index is 0.586. The van der Waals surface area contributed by atoms with Crippen LogP contribution in [0, 0.1) is 0 Å². The van der Waals surface area contributed by atoms with E-state index in [-0.39, 0.29) is 0 Å². The zero-order valence-corrected chi connectivity index (χ0v) is 13.3. The molecule has 2 aromatic carbocycles. The highest BCUT2D eigenvalue weighted by molar-refractivity contribution is 6.01. The molecule has 0 radical (unpaired) electrons. The number of hydrogen-bond donors (Lipinski definition) is 1. The minimum absolute atomic E-state index is 0.586. The fraction of sp³-hybridized carbons (Fsp3) is 0.300. The average molecular weight is 290 g/mol. The van der Waals surface area contributed by atoms with Crippen LogP contribution < -0.4 is 10.2 Å². The van der Waals surface area contributed by atoms with Gasteiger partial charge in [0.05, 0.1) is 0 Å². The van der Waals surface area contributed by atoms with Crippen LogP contribution in [0.15, 0.2) is 48.5 Å². The van der Waals surface area contributed by atoms with E-state index in [0.717, 1.165) is 12.8 Å². The largest absolute Gasteiger partial charge is 0.344 e. The Morgan fingerprint density at radius 1 is 0.909 bits per heavy atom. The molecule has 1 atom stereocenters. The van der Waals surface area contributed by atoms with Gasteiger partial charge in [0.2, 0.25) is 0 Å². The summed E-state index contributed by atoms with van der Waals surface area (Å²) in [7, 11) is 4.27. The van der Waals surface area contributed by atoms with Crippen LogP contribution in [0.1, 0.15) is 30.4 Å². The summed E-state index contributed by atoms with van der Waals surface area (Å²) >= 11 is 0. The van der Waals surface area contributed by atoms with Crippen molar-refractivity contribution < 1.29 is 0 Å². The van der Waals surface area contributed by atoms with Gasteiger partial charge in [-0.3, -0.25) is 0 Å².